The monoisotopic (exact) mass is 323 g/mol. The minimum atomic E-state index is -0.239. The van der Waals surface area contributed by atoms with Crippen molar-refractivity contribution in [1.29, 1.82) is 0 Å². The van der Waals surface area contributed by atoms with Crippen molar-refractivity contribution in [1.82, 2.24) is 10.2 Å². The molecular formula is C17H26FN3S. The second kappa shape index (κ2) is 9.06. The van der Waals surface area contributed by atoms with E-state index in [-0.39, 0.29) is 5.82 Å². The highest BCUT2D eigenvalue weighted by atomic mass is 32.1. The molecule has 1 aliphatic heterocycles. The van der Waals surface area contributed by atoms with Gasteiger partial charge in [-0.2, -0.15) is 0 Å². The zero-order chi connectivity index (χ0) is 15.8. The first-order valence-corrected chi connectivity index (χ1v) is 8.64. The molecule has 0 unspecified atom stereocenters. The van der Waals surface area contributed by atoms with Crippen LogP contribution < -0.4 is 10.6 Å². The van der Waals surface area contributed by atoms with Gasteiger partial charge in [-0.05, 0) is 68.7 Å². The van der Waals surface area contributed by atoms with Gasteiger partial charge in [0.2, 0.25) is 0 Å². The van der Waals surface area contributed by atoms with E-state index >= 15 is 0 Å². The Morgan fingerprint density at radius 3 is 2.82 bits per heavy atom. The van der Waals surface area contributed by atoms with Gasteiger partial charge in [0.25, 0.3) is 0 Å². The van der Waals surface area contributed by atoms with Gasteiger partial charge in [0.15, 0.2) is 5.11 Å². The molecule has 1 heterocycles. The molecule has 3 nitrogen and oxygen atoms in total. The molecule has 0 bridgehead atoms. The van der Waals surface area contributed by atoms with Crippen LogP contribution in [0.2, 0.25) is 0 Å². The molecule has 22 heavy (non-hydrogen) atoms. The Bertz CT molecular complexity index is 463. The van der Waals surface area contributed by atoms with Crippen LogP contribution in [0.4, 0.5) is 10.1 Å². The molecule has 1 saturated heterocycles. The third kappa shape index (κ3) is 5.54. The van der Waals surface area contributed by atoms with Gasteiger partial charge in [0, 0.05) is 24.8 Å². The number of likely N-dealkylation sites (tertiary alicyclic amines) is 1. The fourth-order valence-corrected chi connectivity index (χ4v) is 3.23. The van der Waals surface area contributed by atoms with Crippen molar-refractivity contribution in [3.63, 3.8) is 0 Å². The lowest BCUT2D eigenvalue weighted by atomic mass is 10.00. The van der Waals surface area contributed by atoms with E-state index in [1.165, 1.54) is 44.4 Å². The lowest BCUT2D eigenvalue weighted by Gasteiger charge is -2.35. The van der Waals surface area contributed by atoms with Gasteiger partial charge in [-0.3, -0.25) is 0 Å². The van der Waals surface area contributed by atoms with E-state index in [2.05, 4.69) is 22.5 Å². The van der Waals surface area contributed by atoms with E-state index in [4.69, 9.17) is 12.2 Å². The molecule has 0 radical (unpaired) electrons. The molecule has 1 fully saturated rings. The standard InChI is InChI=1S/C17H26FN3S/c1-2-16-6-3-4-12-21(16)13-5-11-19-17(22)20-15-9-7-14(18)8-10-15/h7-10,16H,2-6,11-13H2,1H3,(H2,19,20,22)/t16-/m0/s1. The molecule has 0 aliphatic carbocycles. The van der Waals surface area contributed by atoms with Crippen LogP contribution in [-0.2, 0) is 0 Å². The van der Waals surface area contributed by atoms with Crippen molar-refractivity contribution >= 4 is 23.0 Å². The second-order valence-electron chi connectivity index (χ2n) is 5.84. The van der Waals surface area contributed by atoms with Crippen LogP contribution in [0.5, 0.6) is 0 Å². The van der Waals surface area contributed by atoms with Crippen molar-refractivity contribution in [3.05, 3.63) is 30.1 Å². The first-order chi connectivity index (χ1) is 10.7. The lowest BCUT2D eigenvalue weighted by Crippen LogP contribution is -2.40. The van der Waals surface area contributed by atoms with E-state index in [1.807, 2.05) is 0 Å². The topological polar surface area (TPSA) is 27.3 Å². The van der Waals surface area contributed by atoms with Crippen molar-refractivity contribution in [2.45, 2.75) is 45.1 Å². The summed E-state index contributed by atoms with van der Waals surface area (Å²) in [5.74, 6) is -0.239. The molecule has 122 valence electrons. The Morgan fingerprint density at radius 2 is 2.09 bits per heavy atom. The van der Waals surface area contributed by atoms with Gasteiger partial charge in [0.05, 0.1) is 0 Å². The molecule has 0 spiro atoms. The highest BCUT2D eigenvalue weighted by Crippen LogP contribution is 2.19. The minimum Gasteiger partial charge on any atom is -0.362 e. The molecule has 2 rings (SSSR count). The molecule has 1 aliphatic rings. The van der Waals surface area contributed by atoms with E-state index in [0.717, 1.165) is 31.2 Å². The average Bonchev–Trinajstić information content (AvgIpc) is 2.54. The molecule has 1 aromatic carbocycles. The van der Waals surface area contributed by atoms with Gasteiger partial charge in [0.1, 0.15) is 5.82 Å². The van der Waals surface area contributed by atoms with E-state index in [1.54, 1.807) is 12.1 Å². The Balaban J connectivity index is 1.63. The van der Waals surface area contributed by atoms with Crippen LogP contribution in [0, 0.1) is 5.82 Å². The van der Waals surface area contributed by atoms with E-state index < -0.39 is 0 Å². The van der Waals surface area contributed by atoms with Crippen LogP contribution >= 0.6 is 12.2 Å². The maximum Gasteiger partial charge on any atom is 0.170 e. The number of nitrogens with zero attached hydrogens (tertiary/aromatic N) is 1. The summed E-state index contributed by atoms with van der Waals surface area (Å²) in [6.45, 7) is 5.50. The number of halogens is 1. The zero-order valence-electron chi connectivity index (χ0n) is 13.3. The number of benzene rings is 1. The lowest BCUT2D eigenvalue weighted by molar-refractivity contribution is 0.143. The van der Waals surface area contributed by atoms with Crippen LogP contribution in [0.25, 0.3) is 0 Å². The Hall–Kier alpha value is -1.20. The third-order valence-corrected chi connectivity index (χ3v) is 4.48. The number of nitrogens with one attached hydrogen (secondary N) is 2. The van der Waals surface area contributed by atoms with Crippen LogP contribution in [0.3, 0.4) is 0 Å². The van der Waals surface area contributed by atoms with Crippen LogP contribution in [0.1, 0.15) is 39.0 Å². The molecule has 0 saturated carbocycles. The summed E-state index contributed by atoms with van der Waals surface area (Å²) in [6.07, 6.45) is 6.38. The molecular weight excluding hydrogens is 297 g/mol. The number of anilines is 1. The normalized spacial score (nSPS) is 18.9. The predicted molar refractivity (Wildman–Crippen MR) is 94.7 cm³/mol. The highest BCUT2D eigenvalue weighted by molar-refractivity contribution is 7.80. The highest BCUT2D eigenvalue weighted by Gasteiger charge is 2.19. The maximum atomic E-state index is 12.8. The minimum absolute atomic E-state index is 0.239. The predicted octanol–water partition coefficient (Wildman–Crippen LogP) is 3.77. The Labute approximate surface area is 138 Å². The van der Waals surface area contributed by atoms with Crippen molar-refractivity contribution in [3.8, 4) is 0 Å². The third-order valence-electron chi connectivity index (χ3n) is 4.23. The number of hydrogen-bond donors (Lipinski definition) is 2. The van der Waals surface area contributed by atoms with Crippen LogP contribution in [-0.4, -0.2) is 35.7 Å². The molecule has 0 aromatic heterocycles. The fraction of sp³-hybridized carbons (Fsp3) is 0.588. The molecule has 5 heteroatoms. The average molecular weight is 323 g/mol. The largest absolute Gasteiger partial charge is 0.362 e. The summed E-state index contributed by atoms with van der Waals surface area (Å²) in [5.41, 5.74) is 0.806. The van der Waals surface area contributed by atoms with Gasteiger partial charge >= 0.3 is 0 Å². The van der Waals surface area contributed by atoms with E-state index in [0.29, 0.717) is 5.11 Å². The molecule has 2 N–H and O–H groups in total. The van der Waals surface area contributed by atoms with Gasteiger partial charge in [-0.25, -0.2) is 4.39 Å². The van der Waals surface area contributed by atoms with Crippen molar-refractivity contribution in [2.75, 3.05) is 25.0 Å². The quantitative estimate of drug-likeness (QED) is 0.616. The van der Waals surface area contributed by atoms with Crippen molar-refractivity contribution in [2.24, 2.45) is 0 Å². The van der Waals surface area contributed by atoms with Crippen molar-refractivity contribution < 1.29 is 4.39 Å². The number of piperidine rings is 1. The SMILES string of the molecule is CC[C@H]1CCCCN1CCCNC(=S)Nc1ccc(F)cc1. The van der Waals surface area contributed by atoms with Crippen LogP contribution in [0.15, 0.2) is 24.3 Å². The fourth-order valence-electron chi connectivity index (χ4n) is 3.01. The van der Waals surface area contributed by atoms with Gasteiger partial charge < -0.3 is 15.5 Å². The first kappa shape index (κ1) is 17.2. The summed E-state index contributed by atoms with van der Waals surface area (Å²) in [4.78, 5) is 2.61. The summed E-state index contributed by atoms with van der Waals surface area (Å²) in [5, 5.41) is 6.88. The molecule has 1 aromatic rings. The first-order valence-electron chi connectivity index (χ1n) is 8.23. The Kier molecular flexibility index (Phi) is 7.06. The second-order valence-corrected chi connectivity index (χ2v) is 6.24. The summed E-state index contributed by atoms with van der Waals surface area (Å²) in [6, 6.07) is 6.97. The number of rotatable bonds is 6. The molecule has 0 amide bonds. The smallest absolute Gasteiger partial charge is 0.170 e. The summed E-state index contributed by atoms with van der Waals surface area (Å²) >= 11 is 5.26. The number of hydrogen-bond acceptors (Lipinski definition) is 2. The maximum absolute atomic E-state index is 12.8. The zero-order valence-corrected chi connectivity index (χ0v) is 14.1. The Morgan fingerprint density at radius 1 is 1.32 bits per heavy atom. The van der Waals surface area contributed by atoms with E-state index in [9.17, 15) is 4.39 Å². The summed E-state index contributed by atoms with van der Waals surface area (Å²) < 4.78 is 12.8. The summed E-state index contributed by atoms with van der Waals surface area (Å²) in [7, 11) is 0. The molecule has 1 atom stereocenters. The van der Waals surface area contributed by atoms with Gasteiger partial charge in [-0.15, -0.1) is 0 Å². The number of thiocarbonyl (C=S) groups is 1. The van der Waals surface area contributed by atoms with Gasteiger partial charge in [-0.1, -0.05) is 13.3 Å².